The van der Waals surface area contributed by atoms with Gasteiger partial charge in [0.1, 0.15) is 5.92 Å². The highest BCUT2D eigenvalue weighted by Crippen LogP contribution is 2.43. The lowest BCUT2D eigenvalue weighted by Crippen LogP contribution is -2.42. The van der Waals surface area contributed by atoms with Crippen molar-refractivity contribution in [3.8, 4) is 0 Å². The molecule has 1 aliphatic heterocycles. The summed E-state index contributed by atoms with van der Waals surface area (Å²) < 4.78 is 0. The lowest BCUT2D eigenvalue weighted by Gasteiger charge is -2.37. The van der Waals surface area contributed by atoms with Gasteiger partial charge < -0.3 is 5.11 Å². The van der Waals surface area contributed by atoms with Crippen LogP contribution in [0.25, 0.3) is 0 Å². The molecule has 4 rings (SSSR count). The van der Waals surface area contributed by atoms with Crippen molar-refractivity contribution in [2.45, 2.75) is 38.6 Å². The summed E-state index contributed by atoms with van der Waals surface area (Å²) in [5.41, 5.74) is 4.85. The second kappa shape index (κ2) is 9.18. The number of carboxylic acid groups (broad SMARTS) is 1. The van der Waals surface area contributed by atoms with Gasteiger partial charge in [-0.15, -0.1) is 0 Å². The first-order chi connectivity index (χ1) is 15.5. The van der Waals surface area contributed by atoms with Gasteiger partial charge in [-0.05, 0) is 46.7 Å². The zero-order valence-corrected chi connectivity index (χ0v) is 18.2. The van der Waals surface area contributed by atoms with E-state index in [-0.39, 0.29) is 5.91 Å². The zero-order valence-electron chi connectivity index (χ0n) is 18.2. The summed E-state index contributed by atoms with van der Waals surface area (Å²) in [7, 11) is 0. The molecule has 0 unspecified atom stereocenters. The molecule has 0 saturated heterocycles. The molecule has 3 aromatic carbocycles. The molecule has 1 N–H and O–H groups in total. The molecule has 0 radical (unpaired) electrons. The fraction of sp³-hybridized carbons (Fsp3) is 0.222. The third kappa shape index (κ3) is 4.06. The number of aliphatic carboxylic acids is 1. The van der Waals surface area contributed by atoms with Crippen molar-refractivity contribution in [3.05, 3.63) is 106 Å². The number of hydrogen-bond donors (Lipinski definition) is 1. The minimum absolute atomic E-state index is 0.302. The lowest BCUT2D eigenvalue weighted by molar-refractivity contribution is -0.140. The molecule has 0 bridgehead atoms. The third-order valence-electron chi connectivity index (χ3n) is 6.03. The van der Waals surface area contributed by atoms with Crippen molar-refractivity contribution in [3.63, 3.8) is 0 Å². The van der Waals surface area contributed by atoms with Gasteiger partial charge in [-0.2, -0.15) is 5.10 Å². The van der Waals surface area contributed by atoms with E-state index in [0.717, 1.165) is 29.5 Å². The van der Waals surface area contributed by atoms with Gasteiger partial charge in [0, 0.05) is 5.56 Å². The zero-order chi connectivity index (χ0) is 22.7. The number of carbonyl (C=O) groups excluding carboxylic acids is 1. The molecule has 162 valence electrons. The molecule has 0 spiro atoms. The Morgan fingerprint density at radius 3 is 2.12 bits per heavy atom. The molecule has 0 aromatic heterocycles. The van der Waals surface area contributed by atoms with E-state index in [1.54, 1.807) is 30.5 Å². The Bertz CT molecular complexity index is 1150. The van der Waals surface area contributed by atoms with Crippen LogP contribution < -0.4 is 0 Å². The average molecular weight is 427 g/mol. The Morgan fingerprint density at radius 2 is 1.53 bits per heavy atom. The first-order valence-corrected chi connectivity index (χ1v) is 10.9. The van der Waals surface area contributed by atoms with Gasteiger partial charge in [-0.25, -0.2) is 5.01 Å². The fourth-order valence-electron chi connectivity index (χ4n) is 4.17. The van der Waals surface area contributed by atoms with Crippen LogP contribution in [0, 0.1) is 0 Å². The standard InChI is InChI=1S/C27H26N2O3/c1-3-18-9-11-20(12-10-18)17-28-29-25(21-15-13-19(4-2)14-16-21)24(27(31)32)22-7-5-6-8-23(22)26(29)30/h5-17,24-25H,3-4H2,1-2H3,(H,31,32)/b28-17+/t24-,25-/m0/s1. The van der Waals surface area contributed by atoms with Gasteiger partial charge in [-0.1, -0.05) is 80.6 Å². The van der Waals surface area contributed by atoms with Crippen LogP contribution in [0.4, 0.5) is 0 Å². The summed E-state index contributed by atoms with van der Waals surface area (Å²) in [6.45, 7) is 4.16. The van der Waals surface area contributed by atoms with Crippen LogP contribution in [0.3, 0.4) is 0 Å². The SMILES string of the molecule is CCc1ccc(/C=N/N2C(=O)c3ccccc3[C@H](C(=O)O)[C@@H]2c2ccc(CC)cc2)cc1. The maximum absolute atomic E-state index is 13.4. The Balaban J connectivity index is 1.82. The summed E-state index contributed by atoms with van der Waals surface area (Å²) in [4.78, 5) is 25.9. The minimum atomic E-state index is -0.984. The molecule has 0 fully saturated rings. The van der Waals surface area contributed by atoms with E-state index in [2.05, 4.69) is 18.9 Å². The minimum Gasteiger partial charge on any atom is -0.481 e. The number of rotatable bonds is 6. The highest BCUT2D eigenvalue weighted by atomic mass is 16.4. The third-order valence-corrected chi connectivity index (χ3v) is 6.03. The number of carboxylic acids is 1. The fourth-order valence-corrected chi connectivity index (χ4v) is 4.17. The largest absolute Gasteiger partial charge is 0.481 e. The quantitative estimate of drug-likeness (QED) is 0.550. The highest BCUT2D eigenvalue weighted by Gasteiger charge is 2.44. The summed E-state index contributed by atoms with van der Waals surface area (Å²) in [5.74, 6) is -2.21. The molecule has 3 aromatic rings. The van der Waals surface area contributed by atoms with E-state index in [1.165, 1.54) is 10.6 Å². The molecule has 5 heteroatoms. The predicted octanol–water partition coefficient (Wildman–Crippen LogP) is 5.21. The molecule has 5 nitrogen and oxygen atoms in total. The van der Waals surface area contributed by atoms with Crippen molar-refractivity contribution in [2.75, 3.05) is 0 Å². The second-order valence-corrected chi connectivity index (χ2v) is 7.93. The molecule has 1 heterocycles. The smallest absolute Gasteiger partial charge is 0.313 e. The van der Waals surface area contributed by atoms with Gasteiger partial charge in [0.05, 0.1) is 12.3 Å². The summed E-state index contributed by atoms with van der Waals surface area (Å²) >= 11 is 0. The van der Waals surface area contributed by atoms with Crippen LogP contribution >= 0.6 is 0 Å². The van der Waals surface area contributed by atoms with Crippen LogP contribution in [0.1, 0.15) is 64.0 Å². The van der Waals surface area contributed by atoms with E-state index in [9.17, 15) is 14.7 Å². The highest BCUT2D eigenvalue weighted by molar-refractivity contribution is 6.00. The molecule has 1 aliphatic rings. The number of benzene rings is 3. The first kappa shape index (κ1) is 21.5. The Morgan fingerprint density at radius 1 is 0.938 bits per heavy atom. The monoisotopic (exact) mass is 426 g/mol. The number of hydrazone groups is 1. The van der Waals surface area contributed by atoms with Gasteiger partial charge in [0.15, 0.2) is 0 Å². The van der Waals surface area contributed by atoms with Crippen LogP contribution in [0.2, 0.25) is 0 Å². The molecule has 0 aliphatic carbocycles. The van der Waals surface area contributed by atoms with Crippen molar-refractivity contribution >= 4 is 18.1 Å². The second-order valence-electron chi connectivity index (χ2n) is 7.93. The van der Waals surface area contributed by atoms with E-state index in [0.29, 0.717) is 11.1 Å². The summed E-state index contributed by atoms with van der Waals surface area (Å²) in [6.07, 6.45) is 3.44. The van der Waals surface area contributed by atoms with Crippen molar-refractivity contribution in [1.29, 1.82) is 0 Å². The van der Waals surface area contributed by atoms with E-state index in [1.807, 2.05) is 48.5 Å². The number of nitrogens with zero attached hydrogens (tertiary/aromatic N) is 2. The molecular formula is C27H26N2O3. The Kier molecular flexibility index (Phi) is 6.17. The average Bonchev–Trinajstić information content (AvgIpc) is 2.83. The summed E-state index contributed by atoms with van der Waals surface area (Å²) in [5, 5.41) is 16.0. The van der Waals surface area contributed by atoms with Crippen molar-refractivity contribution in [1.82, 2.24) is 5.01 Å². The number of fused-ring (bicyclic) bond motifs is 1. The predicted molar refractivity (Wildman–Crippen MR) is 125 cm³/mol. The number of hydrogen-bond acceptors (Lipinski definition) is 3. The van der Waals surface area contributed by atoms with E-state index >= 15 is 0 Å². The maximum Gasteiger partial charge on any atom is 0.313 e. The summed E-state index contributed by atoms with van der Waals surface area (Å²) in [6, 6.07) is 21.9. The van der Waals surface area contributed by atoms with Gasteiger partial charge in [-0.3, -0.25) is 9.59 Å². The Hall–Kier alpha value is -3.73. The van der Waals surface area contributed by atoms with Crippen LogP contribution in [-0.2, 0) is 17.6 Å². The number of amides is 1. The number of aryl methyl sites for hydroxylation is 2. The molecule has 2 atom stereocenters. The normalized spacial score (nSPS) is 18.1. The van der Waals surface area contributed by atoms with Gasteiger partial charge >= 0.3 is 5.97 Å². The van der Waals surface area contributed by atoms with Crippen molar-refractivity contribution in [2.24, 2.45) is 5.10 Å². The van der Waals surface area contributed by atoms with Gasteiger partial charge in [0.2, 0.25) is 0 Å². The molecule has 1 amide bonds. The van der Waals surface area contributed by atoms with Crippen LogP contribution in [0.15, 0.2) is 77.9 Å². The molecule has 0 saturated carbocycles. The Labute approximate surface area is 188 Å². The van der Waals surface area contributed by atoms with E-state index < -0.39 is 17.9 Å². The molecular weight excluding hydrogens is 400 g/mol. The number of carbonyl (C=O) groups is 2. The van der Waals surface area contributed by atoms with Crippen molar-refractivity contribution < 1.29 is 14.7 Å². The maximum atomic E-state index is 13.4. The topological polar surface area (TPSA) is 70.0 Å². The van der Waals surface area contributed by atoms with Crippen LogP contribution in [0.5, 0.6) is 0 Å². The van der Waals surface area contributed by atoms with Crippen LogP contribution in [-0.4, -0.2) is 28.2 Å². The van der Waals surface area contributed by atoms with Gasteiger partial charge in [0.25, 0.3) is 5.91 Å². The van der Waals surface area contributed by atoms with E-state index in [4.69, 9.17) is 0 Å². The molecule has 32 heavy (non-hydrogen) atoms. The first-order valence-electron chi connectivity index (χ1n) is 10.9. The lowest BCUT2D eigenvalue weighted by atomic mass is 9.80.